The fourth-order valence-corrected chi connectivity index (χ4v) is 1.99. The molecule has 0 spiro atoms. The van der Waals surface area contributed by atoms with Crippen molar-refractivity contribution in [3.8, 4) is 0 Å². The molecule has 20 heavy (non-hydrogen) atoms. The second kappa shape index (κ2) is 9.11. The molecule has 0 aliphatic rings. The molecule has 0 saturated carbocycles. The van der Waals surface area contributed by atoms with Crippen molar-refractivity contribution in [2.75, 3.05) is 20.3 Å². The van der Waals surface area contributed by atoms with Crippen molar-refractivity contribution >= 4 is 0 Å². The number of rotatable bonds is 9. The zero-order chi connectivity index (χ0) is 15.0. The van der Waals surface area contributed by atoms with Gasteiger partial charge in [-0.3, -0.25) is 0 Å². The lowest BCUT2D eigenvalue weighted by molar-refractivity contribution is -0.000130. The largest absolute Gasteiger partial charge is 0.382 e. The molecule has 2 unspecified atom stereocenters. The summed E-state index contributed by atoms with van der Waals surface area (Å²) in [4.78, 5) is 0. The lowest BCUT2D eigenvalue weighted by atomic mass is 9.99. The summed E-state index contributed by atoms with van der Waals surface area (Å²) >= 11 is 0. The van der Waals surface area contributed by atoms with Gasteiger partial charge in [0.05, 0.1) is 19.3 Å². The average Bonchev–Trinajstić information content (AvgIpc) is 2.43. The van der Waals surface area contributed by atoms with Crippen molar-refractivity contribution in [2.24, 2.45) is 0 Å². The van der Waals surface area contributed by atoms with E-state index in [1.165, 1.54) is 11.1 Å². The minimum atomic E-state index is 0.133. The van der Waals surface area contributed by atoms with Gasteiger partial charge in [0.1, 0.15) is 0 Å². The number of methoxy groups -OCH3 is 1. The molecule has 1 N–H and O–H groups in total. The molecule has 0 amide bonds. The molecule has 3 heteroatoms. The molecule has 0 fully saturated rings. The SMILES string of the molecule is COCC(C)OCc1ccc(C(C)CNC(C)C)cc1. The number of benzene rings is 1. The topological polar surface area (TPSA) is 30.5 Å². The van der Waals surface area contributed by atoms with E-state index in [1.807, 2.05) is 6.92 Å². The summed E-state index contributed by atoms with van der Waals surface area (Å²) in [5, 5.41) is 3.47. The van der Waals surface area contributed by atoms with Crippen LogP contribution in [0.2, 0.25) is 0 Å². The van der Waals surface area contributed by atoms with E-state index in [9.17, 15) is 0 Å². The van der Waals surface area contributed by atoms with E-state index in [-0.39, 0.29) is 6.10 Å². The van der Waals surface area contributed by atoms with Crippen molar-refractivity contribution < 1.29 is 9.47 Å². The molecule has 0 heterocycles. The smallest absolute Gasteiger partial charge is 0.0784 e. The monoisotopic (exact) mass is 279 g/mol. The summed E-state index contributed by atoms with van der Waals surface area (Å²) in [6.07, 6.45) is 0.133. The van der Waals surface area contributed by atoms with Gasteiger partial charge in [0.25, 0.3) is 0 Å². The Kier molecular flexibility index (Phi) is 7.82. The van der Waals surface area contributed by atoms with Crippen LogP contribution in [0.25, 0.3) is 0 Å². The molecule has 0 radical (unpaired) electrons. The van der Waals surface area contributed by atoms with Crippen molar-refractivity contribution in [3.63, 3.8) is 0 Å². The molecule has 1 rings (SSSR count). The number of hydrogen-bond acceptors (Lipinski definition) is 3. The van der Waals surface area contributed by atoms with Gasteiger partial charge in [-0.25, -0.2) is 0 Å². The summed E-state index contributed by atoms with van der Waals surface area (Å²) in [7, 11) is 1.70. The Labute approximate surface area is 123 Å². The van der Waals surface area contributed by atoms with Gasteiger partial charge in [-0.2, -0.15) is 0 Å². The Morgan fingerprint density at radius 3 is 2.25 bits per heavy atom. The molecule has 0 aliphatic carbocycles. The van der Waals surface area contributed by atoms with Gasteiger partial charge in [-0.1, -0.05) is 45.0 Å². The normalized spacial score (nSPS) is 14.5. The van der Waals surface area contributed by atoms with Gasteiger partial charge in [-0.05, 0) is 24.0 Å². The number of nitrogens with one attached hydrogen (secondary N) is 1. The van der Waals surface area contributed by atoms with Crippen LogP contribution in [0, 0.1) is 0 Å². The highest BCUT2D eigenvalue weighted by Crippen LogP contribution is 2.16. The highest BCUT2D eigenvalue weighted by atomic mass is 16.5. The predicted octanol–water partition coefficient (Wildman–Crippen LogP) is 3.34. The maximum atomic E-state index is 5.71. The Balaban J connectivity index is 2.43. The zero-order valence-electron chi connectivity index (χ0n) is 13.5. The highest BCUT2D eigenvalue weighted by Gasteiger charge is 2.07. The van der Waals surface area contributed by atoms with Gasteiger partial charge in [-0.15, -0.1) is 0 Å². The minimum Gasteiger partial charge on any atom is -0.382 e. The quantitative estimate of drug-likeness (QED) is 0.752. The van der Waals surface area contributed by atoms with Crippen molar-refractivity contribution in [2.45, 2.75) is 52.4 Å². The Morgan fingerprint density at radius 2 is 1.70 bits per heavy atom. The molecule has 1 aromatic carbocycles. The zero-order valence-corrected chi connectivity index (χ0v) is 13.5. The second-order valence-corrected chi connectivity index (χ2v) is 5.78. The van der Waals surface area contributed by atoms with Gasteiger partial charge in [0, 0.05) is 19.7 Å². The van der Waals surface area contributed by atoms with Crippen LogP contribution in [0.5, 0.6) is 0 Å². The van der Waals surface area contributed by atoms with Crippen LogP contribution in [-0.4, -0.2) is 32.4 Å². The Morgan fingerprint density at radius 1 is 1.05 bits per heavy atom. The fourth-order valence-electron chi connectivity index (χ4n) is 1.99. The third-order valence-corrected chi connectivity index (χ3v) is 3.32. The first-order chi connectivity index (χ1) is 9.52. The molecule has 3 nitrogen and oxygen atoms in total. The molecule has 0 bridgehead atoms. The molecule has 0 aliphatic heterocycles. The third kappa shape index (κ3) is 6.51. The van der Waals surface area contributed by atoms with Crippen LogP contribution in [0.3, 0.4) is 0 Å². The van der Waals surface area contributed by atoms with Crippen LogP contribution in [0.15, 0.2) is 24.3 Å². The fraction of sp³-hybridized carbons (Fsp3) is 0.647. The molecule has 2 atom stereocenters. The summed E-state index contributed by atoms with van der Waals surface area (Å²) < 4.78 is 10.8. The number of hydrogen-bond donors (Lipinski definition) is 1. The van der Waals surface area contributed by atoms with Crippen LogP contribution in [0.1, 0.15) is 44.7 Å². The first-order valence-corrected chi connectivity index (χ1v) is 7.45. The summed E-state index contributed by atoms with van der Waals surface area (Å²) in [5.74, 6) is 0.528. The van der Waals surface area contributed by atoms with Gasteiger partial charge >= 0.3 is 0 Å². The molecule has 1 aromatic rings. The molecule has 0 aromatic heterocycles. The maximum Gasteiger partial charge on any atom is 0.0784 e. The van der Waals surface area contributed by atoms with Crippen LogP contribution in [-0.2, 0) is 16.1 Å². The standard InChI is InChI=1S/C17H29NO2/c1-13(2)18-10-14(3)17-8-6-16(7-9-17)12-20-15(4)11-19-5/h6-9,13-15,18H,10-12H2,1-5H3. The second-order valence-electron chi connectivity index (χ2n) is 5.78. The van der Waals surface area contributed by atoms with Crippen LogP contribution >= 0.6 is 0 Å². The van der Waals surface area contributed by atoms with E-state index in [1.54, 1.807) is 7.11 Å². The van der Waals surface area contributed by atoms with Gasteiger partial charge in [0.2, 0.25) is 0 Å². The van der Waals surface area contributed by atoms with Crippen molar-refractivity contribution in [1.82, 2.24) is 5.32 Å². The van der Waals surface area contributed by atoms with E-state index in [4.69, 9.17) is 9.47 Å². The maximum absolute atomic E-state index is 5.71. The minimum absolute atomic E-state index is 0.133. The van der Waals surface area contributed by atoms with Gasteiger partial charge in [0.15, 0.2) is 0 Å². The first-order valence-electron chi connectivity index (χ1n) is 7.45. The highest BCUT2D eigenvalue weighted by molar-refractivity contribution is 5.25. The summed E-state index contributed by atoms with van der Waals surface area (Å²) in [5.41, 5.74) is 2.58. The Bertz CT molecular complexity index is 362. The van der Waals surface area contributed by atoms with E-state index in [2.05, 4.69) is 50.4 Å². The average molecular weight is 279 g/mol. The van der Waals surface area contributed by atoms with E-state index in [0.717, 1.165) is 6.54 Å². The molecule has 114 valence electrons. The van der Waals surface area contributed by atoms with Crippen LogP contribution < -0.4 is 5.32 Å². The van der Waals surface area contributed by atoms with Crippen LogP contribution in [0.4, 0.5) is 0 Å². The lowest BCUT2D eigenvalue weighted by Gasteiger charge is -2.16. The third-order valence-electron chi connectivity index (χ3n) is 3.32. The molecular formula is C17H29NO2. The van der Waals surface area contributed by atoms with E-state index in [0.29, 0.717) is 25.2 Å². The first kappa shape index (κ1) is 17.2. The molecular weight excluding hydrogens is 250 g/mol. The van der Waals surface area contributed by atoms with E-state index >= 15 is 0 Å². The lowest BCUT2D eigenvalue weighted by Crippen LogP contribution is -2.26. The Hall–Kier alpha value is -0.900. The van der Waals surface area contributed by atoms with Crippen molar-refractivity contribution in [3.05, 3.63) is 35.4 Å². The van der Waals surface area contributed by atoms with Gasteiger partial charge < -0.3 is 14.8 Å². The summed E-state index contributed by atoms with van der Waals surface area (Å²) in [6, 6.07) is 9.24. The van der Waals surface area contributed by atoms with E-state index < -0.39 is 0 Å². The molecule has 0 saturated heterocycles. The summed E-state index contributed by atoms with van der Waals surface area (Å²) in [6.45, 7) is 10.9. The predicted molar refractivity (Wildman–Crippen MR) is 84.1 cm³/mol. The number of ether oxygens (including phenoxy) is 2. The van der Waals surface area contributed by atoms with Crippen molar-refractivity contribution in [1.29, 1.82) is 0 Å².